The van der Waals surface area contributed by atoms with Gasteiger partial charge in [-0.15, -0.1) is 0 Å². The van der Waals surface area contributed by atoms with E-state index in [-0.39, 0.29) is 0 Å². The van der Waals surface area contributed by atoms with Gasteiger partial charge in [-0.1, -0.05) is 37.1 Å². The maximum atomic E-state index is 2.35. The molecule has 0 heterocycles. The van der Waals surface area contributed by atoms with Crippen LogP contribution in [0.1, 0.15) is 52.4 Å². The third kappa shape index (κ3) is 3.69. The van der Waals surface area contributed by atoms with E-state index < -0.39 is 0 Å². The summed E-state index contributed by atoms with van der Waals surface area (Å²) >= 11 is 0. The van der Waals surface area contributed by atoms with E-state index in [1.54, 1.807) is 0 Å². The fourth-order valence-corrected chi connectivity index (χ4v) is 2.53. The lowest BCUT2D eigenvalue weighted by Crippen LogP contribution is -2.18. The Hall–Kier alpha value is -0.520. The third-order valence-electron chi connectivity index (χ3n) is 3.42. The van der Waals surface area contributed by atoms with Crippen LogP contribution in [0.5, 0.6) is 0 Å². The lowest BCUT2D eigenvalue weighted by molar-refractivity contribution is 0.240. The fraction of sp³-hybridized carbons (Fsp3) is 0.714. The average Bonchev–Trinajstić information content (AvgIpc) is 2.24. The van der Waals surface area contributed by atoms with Crippen LogP contribution in [-0.4, -0.2) is 0 Å². The minimum absolute atomic E-state index is 0.955. The second-order valence-electron chi connectivity index (χ2n) is 4.41. The van der Waals surface area contributed by atoms with Gasteiger partial charge >= 0.3 is 0 Å². The Morgan fingerprint density at radius 1 is 0.857 bits per heavy atom. The number of hydrogen-bond acceptors (Lipinski definition) is 0. The largest absolute Gasteiger partial charge is 0.0917 e. The maximum Gasteiger partial charge on any atom is -0.0320 e. The molecule has 14 heavy (non-hydrogen) atoms. The summed E-state index contributed by atoms with van der Waals surface area (Å²) in [6.07, 6.45) is 17.5. The molecule has 0 amide bonds. The third-order valence-corrected chi connectivity index (χ3v) is 3.42. The number of hydrogen-bond donors (Lipinski definition) is 0. The lowest BCUT2D eigenvalue weighted by Gasteiger charge is -2.30. The molecule has 1 rings (SSSR count). The minimum atomic E-state index is 0.955. The van der Waals surface area contributed by atoms with Crippen LogP contribution >= 0.6 is 0 Å². The Kier molecular flexibility index (Phi) is 5.66. The minimum Gasteiger partial charge on any atom is -0.0917 e. The van der Waals surface area contributed by atoms with E-state index in [2.05, 4.69) is 38.2 Å². The second kappa shape index (κ2) is 6.86. The smallest absolute Gasteiger partial charge is 0.0320 e. The highest BCUT2D eigenvalue weighted by molar-refractivity contribution is 4.89. The molecule has 0 heteroatoms. The molecule has 2 unspecified atom stereocenters. The fourth-order valence-electron chi connectivity index (χ4n) is 2.53. The van der Waals surface area contributed by atoms with Gasteiger partial charge in [0.2, 0.25) is 0 Å². The van der Waals surface area contributed by atoms with Gasteiger partial charge in [0, 0.05) is 0 Å². The molecule has 0 N–H and O–H groups in total. The van der Waals surface area contributed by atoms with Crippen molar-refractivity contribution in [3.05, 3.63) is 24.3 Å². The van der Waals surface area contributed by atoms with Crippen LogP contribution in [0.25, 0.3) is 0 Å². The van der Waals surface area contributed by atoms with Gasteiger partial charge in [0.05, 0.1) is 0 Å². The van der Waals surface area contributed by atoms with Gasteiger partial charge in [-0.2, -0.15) is 0 Å². The zero-order valence-electron chi connectivity index (χ0n) is 9.71. The average molecular weight is 192 g/mol. The Bertz CT molecular complexity index is 166. The molecule has 0 radical (unpaired) electrons. The number of rotatable bonds is 4. The normalized spacial score (nSPS) is 29.0. The predicted molar refractivity (Wildman–Crippen MR) is 64.3 cm³/mol. The molecule has 0 aromatic rings. The summed E-state index contributed by atoms with van der Waals surface area (Å²) in [5.74, 6) is 1.91. The molecule has 2 atom stereocenters. The molecule has 0 aliphatic heterocycles. The van der Waals surface area contributed by atoms with Gasteiger partial charge in [0.15, 0.2) is 0 Å². The molecule has 0 aromatic heterocycles. The van der Waals surface area contributed by atoms with Crippen LogP contribution in [0.2, 0.25) is 0 Å². The van der Waals surface area contributed by atoms with Crippen LogP contribution in [0.4, 0.5) is 0 Å². The molecule has 80 valence electrons. The Morgan fingerprint density at radius 3 is 1.64 bits per heavy atom. The quantitative estimate of drug-likeness (QED) is 0.565. The topological polar surface area (TPSA) is 0 Å². The zero-order valence-corrected chi connectivity index (χ0v) is 9.71. The molecule has 0 nitrogen and oxygen atoms in total. The highest BCUT2D eigenvalue weighted by Crippen LogP contribution is 2.34. The zero-order chi connectivity index (χ0) is 10.2. The van der Waals surface area contributed by atoms with Crippen molar-refractivity contribution in [1.82, 2.24) is 0 Å². The van der Waals surface area contributed by atoms with E-state index in [4.69, 9.17) is 0 Å². The van der Waals surface area contributed by atoms with E-state index in [0.717, 1.165) is 11.8 Å². The van der Waals surface area contributed by atoms with Crippen molar-refractivity contribution < 1.29 is 0 Å². The Morgan fingerprint density at radius 2 is 1.29 bits per heavy atom. The van der Waals surface area contributed by atoms with E-state index in [1.165, 1.54) is 38.5 Å². The molecule has 1 aliphatic rings. The van der Waals surface area contributed by atoms with Gasteiger partial charge in [-0.3, -0.25) is 0 Å². The summed E-state index contributed by atoms with van der Waals surface area (Å²) in [6, 6.07) is 0. The molecule has 1 fully saturated rings. The monoisotopic (exact) mass is 192 g/mol. The standard InChI is InChI=1S/C14H24/c1-3-5-9-13-11-7-8-12-14(13)10-6-4-2/h3-6,13-14H,7-12H2,1-2H3/b5-3+,6-4+. The molecule has 1 saturated carbocycles. The highest BCUT2D eigenvalue weighted by atomic mass is 14.3. The molecule has 0 saturated heterocycles. The van der Waals surface area contributed by atoms with Gasteiger partial charge < -0.3 is 0 Å². The highest BCUT2D eigenvalue weighted by Gasteiger charge is 2.22. The van der Waals surface area contributed by atoms with Crippen molar-refractivity contribution in [3.8, 4) is 0 Å². The number of allylic oxidation sites excluding steroid dienone is 4. The lowest BCUT2D eigenvalue weighted by atomic mass is 9.76. The van der Waals surface area contributed by atoms with E-state index in [1.807, 2.05) is 0 Å². The first-order valence-electron chi connectivity index (χ1n) is 6.10. The summed E-state index contributed by atoms with van der Waals surface area (Å²) < 4.78 is 0. The van der Waals surface area contributed by atoms with Crippen LogP contribution < -0.4 is 0 Å². The van der Waals surface area contributed by atoms with Gasteiger partial charge in [-0.05, 0) is 51.4 Å². The van der Waals surface area contributed by atoms with E-state index in [9.17, 15) is 0 Å². The SMILES string of the molecule is C/C=C/CC1CCCCC1C/C=C/C. The van der Waals surface area contributed by atoms with Crippen LogP contribution in [0.3, 0.4) is 0 Å². The molecule has 0 bridgehead atoms. The molecule has 0 aromatic carbocycles. The maximum absolute atomic E-state index is 2.35. The van der Waals surface area contributed by atoms with Crippen LogP contribution in [-0.2, 0) is 0 Å². The van der Waals surface area contributed by atoms with Crippen molar-refractivity contribution in [2.45, 2.75) is 52.4 Å². The molecular weight excluding hydrogens is 168 g/mol. The molecule has 0 spiro atoms. The summed E-state index contributed by atoms with van der Waals surface area (Å²) in [6.45, 7) is 4.26. The predicted octanol–water partition coefficient (Wildman–Crippen LogP) is 4.73. The van der Waals surface area contributed by atoms with E-state index in [0.29, 0.717) is 0 Å². The summed E-state index contributed by atoms with van der Waals surface area (Å²) in [4.78, 5) is 0. The Labute approximate surface area is 89.1 Å². The molecular formula is C14H24. The van der Waals surface area contributed by atoms with Crippen LogP contribution in [0, 0.1) is 11.8 Å². The molecule has 1 aliphatic carbocycles. The van der Waals surface area contributed by atoms with E-state index >= 15 is 0 Å². The van der Waals surface area contributed by atoms with Crippen molar-refractivity contribution in [2.24, 2.45) is 11.8 Å². The van der Waals surface area contributed by atoms with Crippen LogP contribution in [0.15, 0.2) is 24.3 Å². The Balaban J connectivity index is 2.41. The first kappa shape index (κ1) is 11.6. The van der Waals surface area contributed by atoms with Crippen molar-refractivity contribution >= 4 is 0 Å². The van der Waals surface area contributed by atoms with Gasteiger partial charge in [0.25, 0.3) is 0 Å². The summed E-state index contributed by atoms with van der Waals surface area (Å²) in [5, 5.41) is 0. The van der Waals surface area contributed by atoms with Gasteiger partial charge in [-0.25, -0.2) is 0 Å². The van der Waals surface area contributed by atoms with Crippen molar-refractivity contribution in [2.75, 3.05) is 0 Å². The first-order valence-corrected chi connectivity index (χ1v) is 6.10. The summed E-state index contributed by atoms with van der Waals surface area (Å²) in [7, 11) is 0. The summed E-state index contributed by atoms with van der Waals surface area (Å²) in [5.41, 5.74) is 0. The first-order chi connectivity index (χ1) is 6.88. The van der Waals surface area contributed by atoms with Gasteiger partial charge in [0.1, 0.15) is 0 Å². The van der Waals surface area contributed by atoms with Crippen molar-refractivity contribution in [3.63, 3.8) is 0 Å². The van der Waals surface area contributed by atoms with Crippen molar-refractivity contribution in [1.29, 1.82) is 0 Å². The second-order valence-corrected chi connectivity index (χ2v) is 4.41.